The van der Waals surface area contributed by atoms with Gasteiger partial charge in [0.25, 0.3) is 0 Å². The molecule has 0 heterocycles. The summed E-state index contributed by atoms with van der Waals surface area (Å²) in [5.74, 6) is 0. The lowest BCUT2D eigenvalue weighted by Crippen LogP contribution is -2.28. The smallest absolute Gasteiger partial charge is 0.0901 e. The summed E-state index contributed by atoms with van der Waals surface area (Å²) < 4.78 is 0. The highest BCUT2D eigenvalue weighted by atomic mass is 15.0. The molecule has 8 heavy (non-hydrogen) atoms. The van der Waals surface area contributed by atoms with E-state index in [4.69, 9.17) is 5.73 Å². The summed E-state index contributed by atoms with van der Waals surface area (Å²) in [7, 11) is 0. The van der Waals surface area contributed by atoms with Gasteiger partial charge in [0, 0.05) is 6.54 Å². The normalized spacial score (nSPS) is 12.6. The van der Waals surface area contributed by atoms with Gasteiger partial charge in [-0.05, 0) is 0 Å². The van der Waals surface area contributed by atoms with Crippen molar-refractivity contribution in [3.63, 3.8) is 0 Å². The SMILES string of the molecule is C=CC[N]C(N)C=C. The summed E-state index contributed by atoms with van der Waals surface area (Å²) in [5.41, 5.74) is 5.33. The zero-order valence-electron chi connectivity index (χ0n) is 4.88. The van der Waals surface area contributed by atoms with E-state index >= 15 is 0 Å². The van der Waals surface area contributed by atoms with E-state index in [1.54, 1.807) is 12.2 Å². The molecule has 0 fully saturated rings. The first-order valence-corrected chi connectivity index (χ1v) is 2.47. The van der Waals surface area contributed by atoms with Crippen LogP contribution in [0.2, 0.25) is 0 Å². The summed E-state index contributed by atoms with van der Waals surface area (Å²) in [4.78, 5) is 0. The van der Waals surface area contributed by atoms with Gasteiger partial charge in [0.05, 0.1) is 6.17 Å². The zero-order valence-corrected chi connectivity index (χ0v) is 4.88. The maximum absolute atomic E-state index is 5.33. The predicted molar refractivity (Wildman–Crippen MR) is 35.4 cm³/mol. The first-order chi connectivity index (χ1) is 3.81. The van der Waals surface area contributed by atoms with Crippen molar-refractivity contribution in [3.05, 3.63) is 25.3 Å². The van der Waals surface area contributed by atoms with Gasteiger partial charge in [-0.2, -0.15) is 0 Å². The van der Waals surface area contributed by atoms with Gasteiger partial charge in [-0.15, -0.1) is 13.2 Å². The highest BCUT2D eigenvalue weighted by Gasteiger charge is 1.89. The van der Waals surface area contributed by atoms with Crippen LogP contribution in [0.5, 0.6) is 0 Å². The fourth-order valence-corrected chi connectivity index (χ4v) is 0.271. The van der Waals surface area contributed by atoms with Crippen LogP contribution in [-0.4, -0.2) is 12.7 Å². The molecular weight excluding hydrogens is 100 g/mol. The van der Waals surface area contributed by atoms with Gasteiger partial charge < -0.3 is 5.73 Å². The molecule has 1 unspecified atom stereocenters. The molecule has 0 saturated heterocycles. The summed E-state index contributed by atoms with van der Waals surface area (Å²) in [6.07, 6.45) is 3.06. The van der Waals surface area contributed by atoms with E-state index in [0.717, 1.165) is 0 Å². The summed E-state index contributed by atoms with van der Waals surface area (Å²) in [6.45, 7) is 7.55. The van der Waals surface area contributed by atoms with Crippen LogP contribution in [0, 0.1) is 0 Å². The van der Waals surface area contributed by atoms with Crippen molar-refractivity contribution in [3.8, 4) is 0 Å². The van der Waals surface area contributed by atoms with Crippen LogP contribution in [0.25, 0.3) is 0 Å². The molecule has 1 atom stereocenters. The van der Waals surface area contributed by atoms with Gasteiger partial charge in [-0.25, -0.2) is 5.32 Å². The molecule has 0 aliphatic heterocycles. The number of nitrogens with zero attached hydrogens (tertiary/aromatic N) is 1. The maximum atomic E-state index is 5.33. The van der Waals surface area contributed by atoms with Crippen molar-refractivity contribution in [2.45, 2.75) is 6.17 Å². The van der Waals surface area contributed by atoms with E-state index in [2.05, 4.69) is 18.5 Å². The molecule has 2 N–H and O–H groups in total. The minimum Gasteiger partial charge on any atom is -0.311 e. The molecule has 0 aromatic carbocycles. The predicted octanol–water partition coefficient (Wildman–Crippen LogP) is 0.248. The van der Waals surface area contributed by atoms with Crippen molar-refractivity contribution in [2.75, 3.05) is 6.54 Å². The van der Waals surface area contributed by atoms with Crippen molar-refractivity contribution in [2.24, 2.45) is 5.73 Å². The Labute approximate surface area is 50.1 Å². The molecule has 1 radical (unpaired) electrons. The molecule has 2 heteroatoms. The Balaban J connectivity index is 3.09. The molecule has 45 valence electrons. The Bertz CT molecular complexity index is 78.6. The molecule has 0 aliphatic carbocycles. The lowest BCUT2D eigenvalue weighted by atomic mass is 10.5. The maximum Gasteiger partial charge on any atom is 0.0901 e. The quantitative estimate of drug-likeness (QED) is 0.519. The zero-order chi connectivity index (χ0) is 6.41. The van der Waals surface area contributed by atoms with Crippen LogP contribution in [-0.2, 0) is 0 Å². The minimum atomic E-state index is -0.229. The number of hydrogen-bond donors (Lipinski definition) is 1. The van der Waals surface area contributed by atoms with Gasteiger partial charge in [-0.1, -0.05) is 12.2 Å². The third-order valence-electron chi connectivity index (χ3n) is 0.687. The Morgan fingerprint density at radius 2 is 2.25 bits per heavy atom. The molecular formula is C6H11N2. The highest BCUT2D eigenvalue weighted by Crippen LogP contribution is 1.73. The summed E-state index contributed by atoms with van der Waals surface area (Å²) in [6, 6.07) is 0. The Morgan fingerprint density at radius 3 is 2.62 bits per heavy atom. The monoisotopic (exact) mass is 111 g/mol. The van der Waals surface area contributed by atoms with Crippen LogP contribution in [0.1, 0.15) is 0 Å². The van der Waals surface area contributed by atoms with Crippen LogP contribution < -0.4 is 11.1 Å². The van der Waals surface area contributed by atoms with Crippen molar-refractivity contribution < 1.29 is 0 Å². The molecule has 0 spiro atoms. The van der Waals surface area contributed by atoms with Crippen LogP contribution in [0.15, 0.2) is 25.3 Å². The molecule has 0 amide bonds. The van der Waals surface area contributed by atoms with Gasteiger partial charge in [0.2, 0.25) is 0 Å². The molecule has 0 bridgehead atoms. The Kier molecular flexibility index (Phi) is 4.21. The molecule has 2 nitrogen and oxygen atoms in total. The Hall–Kier alpha value is -0.600. The van der Waals surface area contributed by atoms with Crippen molar-refractivity contribution >= 4 is 0 Å². The average Bonchev–Trinajstić information content (AvgIpc) is 1.83. The van der Waals surface area contributed by atoms with E-state index in [9.17, 15) is 0 Å². The lowest BCUT2D eigenvalue weighted by Gasteiger charge is -2.01. The van der Waals surface area contributed by atoms with Crippen LogP contribution in [0.4, 0.5) is 0 Å². The van der Waals surface area contributed by atoms with Crippen LogP contribution >= 0.6 is 0 Å². The first-order valence-electron chi connectivity index (χ1n) is 2.47. The van der Waals surface area contributed by atoms with Gasteiger partial charge in [-0.3, -0.25) is 0 Å². The topological polar surface area (TPSA) is 40.1 Å². The average molecular weight is 111 g/mol. The molecule has 0 aliphatic rings. The number of rotatable bonds is 4. The van der Waals surface area contributed by atoms with E-state index < -0.39 is 0 Å². The van der Waals surface area contributed by atoms with Gasteiger partial charge >= 0.3 is 0 Å². The minimum absolute atomic E-state index is 0.229. The van der Waals surface area contributed by atoms with E-state index in [-0.39, 0.29) is 6.17 Å². The molecule has 0 aromatic rings. The van der Waals surface area contributed by atoms with Gasteiger partial charge in [0.15, 0.2) is 0 Å². The molecule has 0 saturated carbocycles. The van der Waals surface area contributed by atoms with Gasteiger partial charge in [0.1, 0.15) is 0 Å². The third-order valence-corrected chi connectivity index (χ3v) is 0.687. The van der Waals surface area contributed by atoms with Crippen LogP contribution in [0.3, 0.4) is 0 Å². The second kappa shape index (κ2) is 4.56. The largest absolute Gasteiger partial charge is 0.311 e. The number of hydrogen-bond acceptors (Lipinski definition) is 1. The first kappa shape index (κ1) is 7.40. The van der Waals surface area contributed by atoms with E-state index in [0.29, 0.717) is 6.54 Å². The fraction of sp³-hybridized carbons (Fsp3) is 0.333. The number of nitrogens with two attached hydrogens (primary N) is 1. The van der Waals surface area contributed by atoms with Crippen molar-refractivity contribution in [1.29, 1.82) is 0 Å². The van der Waals surface area contributed by atoms with E-state index in [1.807, 2.05) is 0 Å². The molecule has 0 rings (SSSR count). The standard InChI is InChI=1S/C6H11N2/c1-3-5-8-6(7)4-2/h3-4,6H,1-2,5,7H2. The second-order valence-electron chi connectivity index (χ2n) is 1.38. The molecule has 0 aromatic heterocycles. The second-order valence-corrected chi connectivity index (χ2v) is 1.38. The lowest BCUT2D eigenvalue weighted by molar-refractivity contribution is 0.646. The summed E-state index contributed by atoms with van der Waals surface area (Å²) >= 11 is 0. The third kappa shape index (κ3) is 3.59. The van der Waals surface area contributed by atoms with Crippen molar-refractivity contribution in [1.82, 2.24) is 5.32 Å². The van der Waals surface area contributed by atoms with E-state index in [1.165, 1.54) is 0 Å². The highest BCUT2D eigenvalue weighted by molar-refractivity contribution is 4.82. The summed E-state index contributed by atoms with van der Waals surface area (Å²) in [5, 5.41) is 3.90. The fourth-order valence-electron chi connectivity index (χ4n) is 0.271. The Morgan fingerprint density at radius 1 is 1.62 bits per heavy atom.